The second-order valence-corrected chi connectivity index (χ2v) is 33.5. The number of rotatable bonds is 9. The maximum absolute atomic E-state index is 6.53. The van der Waals surface area contributed by atoms with E-state index in [-0.39, 0.29) is 5.41 Å². The van der Waals surface area contributed by atoms with E-state index < -0.39 is 10.8 Å². The van der Waals surface area contributed by atoms with Crippen molar-refractivity contribution in [2.45, 2.75) is 30.1 Å². The lowest BCUT2D eigenvalue weighted by atomic mass is 9.66. The highest BCUT2D eigenvalue weighted by Crippen LogP contribution is 2.67. The second kappa shape index (κ2) is 27.9. The van der Waals surface area contributed by atoms with E-state index >= 15 is 0 Å². The molecule has 1 aromatic heterocycles. The zero-order valence-corrected chi connectivity index (χ0v) is 67.5. The molecule has 0 saturated carbocycles. The molecular weight excluding hydrogens is 1470 g/mol. The first-order valence-corrected chi connectivity index (χ1v) is 42.5. The molecule has 5 aliphatic rings. The van der Waals surface area contributed by atoms with Crippen LogP contribution in [0.15, 0.2) is 453 Å². The minimum atomic E-state index is -0.589. The SMILES string of the molecule is CC1(C)c2ccccc2-c2ccc(N(c3ccc(-c4ccccc4)cc3)c3cccc4c3-c3ccccc3C43c4ccccc4-c4ccccc4-c4ccccc43)cc21.c1ccc(-c2ccccc2N(c2ccc(-c3cccc4c3oc3ccccc34)cc2)c2cccc3c2-c2ccccc2C32c3ccccc3-c3ccccc3-c3ccccc32)cc1. The van der Waals surface area contributed by atoms with E-state index in [0.29, 0.717) is 0 Å². The van der Waals surface area contributed by atoms with Crippen molar-refractivity contribution >= 4 is 56.1 Å². The third kappa shape index (κ3) is 10.4. The summed E-state index contributed by atoms with van der Waals surface area (Å²) >= 11 is 0. The van der Waals surface area contributed by atoms with Gasteiger partial charge in [-0.25, -0.2) is 0 Å². The number of para-hydroxylation sites is 3. The van der Waals surface area contributed by atoms with Gasteiger partial charge in [0.2, 0.25) is 0 Å². The molecule has 0 aliphatic heterocycles. The van der Waals surface area contributed by atoms with E-state index in [9.17, 15) is 0 Å². The molecule has 3 heteroatoms. The number of fused-ring (bicyclic) bond motifs is 30. The fourth-order valence-electron chi connectivity index (χ4n) is 21.9. The van der Waals surface area contributed by atoms with Crippen molar-refractivity contribution in [1.29, 1.82) is 0 Å². The Balaban J connectivity index is 0.000000138. The quantitative estimate of drug-likeness (QED) is 0.144. The van der Waals surface area contributed by atoms with Gasteiger partial charge in [0.15, 0.2) is 0 Å². The van der Waals surface area contributed by atoms with Crippen molar-refractivity contribution in [3.63, 3.8) is 0 Å². The molecule has 0 amide bonds. The van der Waals surface area contributed by atoms with Gasteiger partial charge in [0, 0.05) is 55.5 Å². The minimum Gasteiger partial charge on any atom is -0.455 e. The zero-order chi connectivity index (χ0) is 80.8. The predicted molar refractivity (Wildman–Crippen MR) is 507 cm³/mol. The highest BCUT2D eigenvalue weighted by molar-refractivity contribution is 6.11. The fraction of sp³-hybridized carbons (Fsp3) is 0.0420. The fourth-order valence-corrected chi connectivity index (χ4v) is 21.9. The van der Waals surface area contributed by atoms with Crippen molar-refractivity contribution in [2.75, 3.05) is 9.80 Å². The molecule has 0 radical (unpaired) electrons. The van der Waals surface area contributed by atoms with Crippen LogP contribution in [0.2, 0.25) is 0 Å². The zero-order valence-electron chi connectivity index (χ0n) is 67.5. The van der Waals surface area contributed by atoms with Crippen LogP contribution in [0.25, 0.3) is 133 Å². The highest BCUT2D eigenvalue weighted by atomic mass is 16.3. The molecule has 572 valence electrons. The molecule has 0 unspecified atom stereocenters. The van der Waals surface area contributed by atoms with Gasteiger partial charge in [-0.05, 0) is 205 Å². The molecule has 0 fully saturated rings. The summed E-state index contributed by atoms with van der Waals surface area (Å²) < 4.78 is 6.53. The molecule has 0 atom stereocenters. The van der Waals surface area contributed by atoms with Gasteiger partial charge in [-0.2, -0.15) is 0 Å². The summed E-state index contributed by atoms with van der Waals surface area (Å²) in [5.74, 6) is 0. The number of hydrogen-bond acceptors (Lipinski definition) is 3. The maximum Gasteiger partial charge on any atom is 0.143 e. The molecule has 0 N–H and O–H groups in total. The average Bonchev–Trinajstić information content (AvgIpc) is 1.52. The van der Waals surface area contributed by atoms with Crippen LogP contribution in [0, 0.1) is 0 Å². The number of anilines is 6. The van der Waals surface area contributed by atoms with Crippen LogP contribution < -0.4 is 9.80 Å². The summed E-state index contributed by atoms with van der Waals surface area (Å²) in [6.45, 7) is 4.75. The molecule has 5 aliphatic carbocycles. The largest absolute Gasteiger partial charge is 0.455 e. The average molecular weight is 1550 g/mol. The Hall–Kier alpha value is -15.4. The molecule has 122 heavy (non-hydrogen) atoms. The van der Waals surface area contributed by atoms with Crippen LogP contribution in [0.3, 0.4) is 0 Å². The van der Waals surface area contributed by atoms with Crippen molar-refractivity contribution in [1.82, 2.24) is 0 Å². The van der Waals surface area contributed by atoms with E-state index in [2.05, 4.69) is 466 Å². The van der Waals surface area contributed by atoms with Gasteiger partial charge in [0.05, 0.1) is 27.9 Å². The number of benzene rings is 19. The Morgan fingerprint density at radius 2 is 0.500 bits per heavy atom. The summed E-state index contributed by atoms with van der Waals surface area (Å²) in [5, 5.41) is 2.26. The molecule has 19 aromatic carbocycles. The first kappa shape index (κ1) is 70.8. The molecule has 20 aromatic rings. The Kier molecular flexibility index (Phi) is 16.2. The van der Waals surface area contributed by atoms with E-state index in [1.54, 1.807) is 0 Å². The summed E-state index contributed by atoms with van der Waals surface area (Å²) in [6, 6.07) is 166. The number of hydrogen-bond donors (Lipinski definition) is 0. The van der Waals surface area contributed by atoms with Gasteiger partial charge in [0.25, 0.3) is 0 Å². The normalized spacial score (nSPS) is 13.5. The predicted octanol–water partition coefficient (Wildman–Crippen LogP) is 31.5. The molecule has 2 spiro atoms. The van der Waals surface area contributed by atoms with Crippen molar-refractivity contribution in [3.8, 4) is 111 Å². The minimum absolute atomic E-state index is 0.136. The van der Waals surface area contributed by atoms with Crippen LogP contribution in [-0.2, 0) is 16.2 Å². The van der Waals surface area contributed by atoms with Crippen LogP contribution >= 0.6 is 0 Å². The summed E-state index contributed by atoms with van der Waals surface area (Å²) in [5.41, 5.74) is 45.2. The van der Waals surface area contributed by atoms with Crippen molar-refractivity contribution in [2.24, 2.45) is 0 Å². The summed E-state index contributed by atoms with van der Waals surface area (Å²) in [4.78, 5) is 5.01. The molecule has 0 bridgehead atoms. The van der Waals surface area contributed by atoms with Gasteiger partial charge in [0.1, 0.15) is 11.2 Å². The van der Waals surface area contributed by atoms with Gasteiger partial charge in [-0.1, -0.05) is 402 Å². The van der Waals surface area contributed by atoms with E-state index in [4.69, 9.17) is 4.42 Å². The summed E-state index contributed by atoms with van der Waals surface area (Å²) in [6.07, 6.45) is 0. The molecule has 1 heterocycles. The van der Waals surface area contributed by atoms with Gasteiger partial charge in [-0.15, -0.1) is 0 Å². The molecule has 25 rings (SSSR count). The Morgan fingerprint density at radius 3 is 1.01 bits per heavy atom. The maximum atomic E-state index is 6.53. The molecule has 3 nitrogen and oxygen atoms in total. The van der Waals surface area contributed by atoms with E-state index in [1.807, 2.05) is 6.07 Å². The van der Waals surface area contributed by atoms with Gasteiger partial charge in [-0.3, -0.25) is 0 Å². The lowest BCUT2D eigenvalue weighted by molar-refractivity contribution is 0.660. The van der Waals surface area contributed by atoms with Crippen molar-refractivity contribution < 1.29 is 4.42 Å². The smallest absolute Gasteiger partial charge is 0.143 e. The Labute approximate surface area is 711 Å². The standard InChI is InChI=1S/C61H39NO.C58H41N/c1-2-18-40(19-3-1)43-20-9-14-33-56(43)62(42-38-36-41(37-39-42)44-27-16-28-50-49-25-10-15-35-58(49)63-60(44)50)57-34-17-32-55-59(57)51-26-8-13-31-54(51)61(55)52-29-11-6-23-47(52)45-21-4-5-22-46(45)48-24-7-12-30-53(48)61;1-57(2)49-25-12-8-23-46(49)47-36-35-41(37-54(47)57)59(40-33-31-39(32-34-40)38-17-4-3-5-18-38)55-30-16-29-53-56(55)48-24-11-15-28-52(48)58(53)50-26-13-9-21-44(50)42-19-6-7-20-43(42)45-22-10-14-27-51(45)58/h1-39H;3-37H,1-2H3. The van der Waals surface area contributed by atoms with E-state index in [1.165, 1.54) is 156 Å². The third-order valence-corrected chi connectivity index (χ3v) is 27.0. The first-order chi connectivity index (χ1) is 60.3. The second-order valence-electron chi connectivity index (χ2n) is 33.5. The van der Waals surface area contributed by atoms with Crippen LogP contribution in [0.5, 0.6) is 0 Å². The van der Waals surface area contributed by atoms with Crippen molar-refractivity contribution in [3.05, 3.63) is 505 Å². The summed E-state index contributed by atoms with van der Waals surface area (Å²) in [7, 11) is 0. The van der Waals surface area contributed by atoms with Gasteiger partial charge < -0.3 is 14.2 Å². The van der Waals surface area contributed by atoms with Crippen LogP contribution in [0.4, 0.5) is 34.1 Å². The topological polar surface area (TPSA) is 19.6 Å². The van der Waals surface area contributed by atoms with Crippen LogP contribution in [-0.4, -0.2) is 0 Å². The lowest BCUT2D eigenvalue weighted by Gasteiger charge is -2.36. The monoisotopic (exact) mass is 1550 g/mol. The Bertz CT molecular complexity index is 7480. The van der Waals surface area contributed by atoms with E-state index in [0.717, 1.165) is 67.1 Å². The van der Waals surface area contributed by atoms with Crippen LogP contribution in [0.1, 0.15) is 69.5 Å². The third-order valence-electron chi connectivity index (χ3n) is 27.0. The first-order valence-electron chi connectivity index (χ1n) is 42.5. The Morgan fingerprint density at radius 1 is 0.189 bits per heavy atom. The highest BCUT2D eigenvalue weighted by Gasteiger charge is 2.53. The lowest BCUT2D eigenvalue weighted by Crippen LogP contribution is -2.29. The molecular formula is C119H80N2O. The van der Waals surface area contributed by atoms with Gasteiger partial charge >= 0.3 is 0 Å². The molecule has 0 saturated heterocycles. The number of nitrogens with zero attached hydrogens (tertiary/aromatic N) is 2. The number of furan rings is 1.